The highest BCUT2D eigenvalue weighted by Crippen LogP contribution is 2.23. The van der Waals surface area contributed by atoms with Crippen LogP contribution in [0.3, 0.4) is 0 Å². The summed E-state index contributed by atoms with van der Waals surface area (Å²) in [6.45, 7) is 3.74. The molecule has 2 saturated heterocycles. The highest BCUT2D eigenvalue weighted by Gasteiger charge is 2.36. The molecule has 0 bridgehead atoms. The van der Waals surface area contributed by atoms with Crippen LogP contribution in [0.1, 0.15) is 32.6 Å². The van der Waals surface area contributed by atoms with Crippen molar-refractivity contribution < 1.29 is 16.8 Å². The Morgan fingerprint density at radius 1 is 1.24 bits per heavy atom. The Bertz CT molecular complexity index is 716. The Balaban J connectivity index is 1.64. The van der Waals surface area contributed by atoms with Gasteiger partial charge in [-0.3, -0.25) is 4.99 Å². The molecule has 1 aliphatic carbocycles. The van der Waals surface area contributed by atoms with Gasteiger partial charge in [0.2, 0.25) is 10.0 Å². The van der Waals surface area contributed by atoms with Gasteiger partial charge < -0.3 is 10.2 Å². The fourth-order valence-corrected chi connectivity index (χ4v) is 6.65. The Morgan fingerprint density at radius 2 is 2.00 bits per heavy atom. The van der Waals surface area contributed by atoms with Gasteiger partial charge in [-0.05, 0) is 31.6 Å². The average molecular weight is 393 g/mol. The maximum Gasteiger partial charge on any atom is 0.216 e. The second-order valence-corrected chi connectivity index (χ2v) is 11.5. The number of sulfone groups is 1. The molecule has 0 aromatic rings. The van der Waals surface area contributed by atoms with Crippen LogP contribution in [0.5, 0.6) is 0 Å². The van der Waals surface area contributed by atoms with Crippen molar-refractivity contribution in [3.63, 3.8) is 0 Å². The minimum absolute atomic E-state index is 0.0740. The normalized spacial score (nSPS) is 30.0. The van der Waals surface area contributed by atoms with E-state index in [1.54, 1.807) is 6.92 Å². The molecular formula is C15H28N4O4S2. The molecule has 2 aliphatic heterocycles. The van der Waals surface area contributed by atoms with Crippen LogP contribution in [-0.2, 0) is 19.9 Å². The van der Waals surface area contributed by atoms with E-state index >= 15 is 0 Å². The van der Waals surface area contributed by atoms with Gasteiger partial charge in [-0.1, -0.05) is 6.92 Å². The Labute approximate surface area is 150 Å². The summed E-state index contributed by atoms with van der Waals surface area (Å²) < 4.78 is 50.2. The van der Waals surface area contributed by atoms with Gasteiger partial charge in [0.15, 0.2) is 15.8 Å². The number of aliphatic imine (C=N–C) groups is 1. The third kappa shape index (κ3) is 5.07. The summed E-state index contributed by atoms with van der Waals surface area (Å²) in [5.41, 5.74) is 0. The van der Waals surface area contributed by atoms with Crippen molar-refractivity contribution in [2.75, 3.05) is 37.7 Å². The van der Waals surface area contributed by atoms with Crippen LogP contribution in [0.15, 0.2) is 4.99 Å². The molecule has 0 amide bonds. The molecule has 3 fully saturated rings. The number of guanidine groups is 1. The van der Waals surface area contributed by atoms with E-state index in [1.807, 2.05) is 4.90 Å². The number of nitrogens with one attached hydrogen (secondary N) is 2. The molecule has 2 unspecified atom stereocenters. The largest absolute Gasteiger partial charge is 0.354 e. The Kier molecular flexibility index (Phi) is 5.60. The van der Waals surface area contributed by atoms with Gasteiger partial charge in [-0.25, -0.2) is 21.6 Å². The molecule has 0 aromatic heterocycles. The number of sulfonamides is 1. The molecule has 0 spiro atoms. The predicted octanol–water partition coefficient (Wildman–Crippen LogP) is -0.457. The fraction of sp³-hybridized carbons (Fsp3) is 0.933. The van der Waals surface area contributed by atoms with Crippen LogP contribution in [0.2, 0.25) is 0 Å². The first kappa shape index (κ1) is 18.9. The lowest BCUT2D eigenvalue weighted by molar-refractivity contribution is 0.482. The summed E-state index contributed by atoms with van der Waals surface area (Å²) in [5, 5.41) is 2.97. The maximum atomic E-state index is 12.2. The van der Waals surface area contributed by atoms with E-state index in [2.05, 4.69) is 15.0 Å². The van der Waals surface area contributed by atoms with E-state index in [0.29, 0.717) is 45.1 Å². The molecule has 1 saturated carbocycles. The van der Waals surface area contributed by atoms with E-state index in [1.165, 1.54) is 0 Å². The maximum absolute atomic E-state index is 12.2. The molecule has 0 aromatic carbocycles. The third-order valence-corrected chi connectivity index (χ3v) is 8.76. The molecule has 2 atom stereocenters. The number of likely N-dealkylation sites (tertiary alicyclic amines) is 1. The Hall–Kier alpha value is -0.870. The van der Waals surface area contributed by atoms with Gasteiger partial charge in [0, 0.05) is 32.2 Å². The topological polar surface area (TPSA) is 108 Å². The third-order valence-electron chi connectivity index (χ3n) is 4.97. The molecule has 144 valence electrons. The highest BCUT2D eigenvalue weighted by atomic mass is 32.2. The minimum atomic E-state index is -3.29. The second kappa shape index (κ2) is 7.40. The van der Waals surface area contributed by atoms with E-state index in [0.717, 1.165) is 18.8 Å². The second-order valence-electron chi connectivity index (χ2n) is 7.25. The first-order chi connectivity index (χ1) is 11.8. The molecule has 3 rings (SSSR count). The van der Waals surface area contributed by atoms with Gasteiger partial charge >= 0.3 is 0 Å². The monoisotopic (exact) mass is 392 g/mol. The molecule has 8 nitrogen and oxygen atoms in total. The molecule has 3 aliphatic rings. The van der Waals surface area contributed by atoms with E-state index < -0.39 is 25.1 Å². The first-order valence-electron chi connectivity index (χ1n) is 9.04. The lowest BCUT2D eigenvalue weighted by Gasteiger charge is -2.22. The standard InChI is InChI=1S/C15H28N4O4S2/c1-2-17-25(22,23)14-5-7-19(10-14)15(18-13-3-4-13)16-9-12-6-8-24(20,21)11-12/h12-14,17H,2-11H2,1H3,(H,16,18). The molecule has 10 heteroatoms. The highest BCUT2D eigenvalue weighted by molar-refractivity contribution is 7.91. The smallest absolute Gasteiger partial charge is 0.216 e. The van der Waals surface area contributed by atoms with Gasteiger partial charge in [-0.15, -0.1) is 0 Å². The van der Waals surface area contributed by atoms with Crippen LogP contribution in [0, 0.1) is 5.92 Å². The lowest BCUT2D eigenvalue weighted by Crippen LogP contribution is -2.43. The van der Waals surface area contributed by atoms with E-state index in [-0.39, 0.29) is 17.4 Å². The lowest BCUT2D eigenvalue weighted by atomic mass is 10.1. The van der Waals surface area contributed by atoms with Gasteiger partial charge in [-0.2, -0.15) is 0 Å². The van der Waals surface area contributed by atoms with Gasteiger partial charge in [0.05, 0.1) is 16.8 Å². The fourth-order valence-electron chi connectivity index (χ4n) is 3.37. The quantitative estimate of drug-likeness (QED) is 0.468. The van der Waals surface area contributed by atoms with Crippen LogP contribution < -0.4 is 10.0 Å². The van der Waals surface area contributed by atoms with Crippen molar-refractivity contribution in [3.05, 3.63) is 0 Å². The summed E-state index contributed by atoms with van der Waals surface area (Å²) >= 11 is 0. The molecule has 2 N–H and O–H groups in total. The minimum Gasteiger partial charge on any atom is -0.354 e. The zero-order valence-corrected chi connectivity index (χ0v) is 16.3. The number of rotatable bonds is 6. The number of nitrogens with zero attached hydrogens (tertiary/aromatic N) is 2. The summed E-state index contributed by atoms with van der Waals surface area (Å²) in [4.78, 5) is 6.65. The number of hydrogen-bond donors (Lipinski definition) is 2. The van der Waals surface area contributed by atoms with Crippen molar-refractivity contribution in [1.29, 1.82) is 0 Å². The van der Waals surface area contributed by atoms with Crippen molar-refractivity contribution in [2.45, 2.75) is 43.9 Å². The average Bonchev–Trinajstić information content (AvgIpc) is 3.07. The van der Waals surface area contributed by atoms with Gasteiger partial charge in [0.1, 0.15) is 0 Å². The Morgan fingerprint density at radius 3 is 2.60 bits per heavy atom. The molecule has 2 heterocycles. The molecule has 25 heavy (non-hydrogen) atoms. The van der Waals surface area contributed by atoms with Crippen molar-refractivity contribution >= 4 is 25.8 Å². The zero-order valence-electron chi connectivity index (χ0n) is 14.6. The number of hydrogen-bond acceptors (Lipinski definition) is 5. The first-order valence-corrected chi connectivity index (χ1v) is 12.4. The van der Waals surface area contributed by atoms with Gasteiger partial charge in [0.25, 0.3) is 0 Å². The van der Waals surface area contributed by atoms with Crippen molar-refractivity contribution in [1.82, 2.24) is 14.9 Å². The predicted molar refractivity (Wildman–Crippen MR) is 97.8 cm³/mol. The van der Waals surface area contributed by atoms with Crippen LogP contribution in [0.4, 0.5) is 0 Å². The summed E-state index contributed by atoms with van der Waals surface area (Å²) in [7, 11) is -6.19. The molecular weight excluding hydrogens is 364 g/mol. The summed E-state index contributed by atoms with van der Waals surface area (Å²) in [6, 6.07) is 0.412. The zero-order chi connectivity index (χ0) is 18.1. The molecule has 0 radical (unpaired) electrons. The van der Waals surface area contributed by atoms with Crippen LogP contribution >= 0.6 is 0 Å². The van der Waals surface area contributed by atoms with E-state index in [4.69, 9.17) is 0 Å². The van der Waals surface area contributed by atoms with Crippen molar-refractivity contribution in [3.8, 4) is 0 Å². The van der Waals surface area contributed by atoms with Crippen LogP contribution in [-0.4, -0.2) is 76.7 Å². The SMILES string of the molecule is CCNS(=O)(=O)C1CCN(C(=NCC2CCS(=O)(=O)C2)NC2CC2)C1. The van der Waals surface area contributed by atoms with Crippen LogP contribution in [0.25, 0.3) is 0 Å². The summed E-state index contributed by atoms with van der Waals surface area (Å²) in [5.74, 6) is 1.28. The summed E-state index contributed by atoms with van der Waals surface area (Å²) in [6.07, 6.45) is 3.45. The van der Waals surface area contributed by atoms with Crippen molar-refractivity contribution in [2.24, 2.45) is 10.9 Å². The van der Waals surface area contributed by atoms with E-state index in [9.17, 15) is 16.8 Å².